The van der Waals surface area contributed by atoms with E-state index in [-0.39, 0.29) is 0 Å². The fourth-order valence-electron chi connectivity index (χ4n) is 8.89. The van der Waals surface area contributed by atoms with E-state index in [1.165, 1.54) is 38.9 Å². The first-order valence-corrected chi connectivity index (χ1v) is 21.2. The van der Waals surface area contributed by atoms with Gasteiger partial charge in [-0.1, -0.05) is 212 Å². The predicted octanol–water partition coefficient (Wildman–Crippen LogP) is 17.1. The van der Waals surface area contributed by atoms with Crippen LogP contribution in [-0.2, 0) is 0 Å². The van der Waals surface area contributed by atoms with Crippen molar-refractivity contribution in [1.82, 2.24) is 0 Å². The minimum atomic E-state index is 0.876. The van der Waals surface area contributed by atoms with Gasteiger partial charge >= 0.3 is 0 Å². The van der Waals surface area contributed by atoms with E-state index in [4.69, 9.17) is 4.42 Å². The number of nitrogens with zero attached hydrogens (tertiary/aromatic N) is 1. The second-order valence-corrected chi connectivity index (χ2v) is 15.6. The van der Waals surface area contributed by atoms with Crippen molar-refractivity contribution in [3.8, 4) is 66.8 Å². The Morgan fingerprint density at radius 2 is 0.645 bits per heavy atom. The normalized spacial score (nSPS) is 11.2. The van der Waals surface area contributed by atoms with E-state index in [1.54, 1.807) is 0 Å². The van der Waals surface area contributed by atoms with Crippen LogP contribution in [0.4, 0.5) is 17.1 Å². The molecule has 0 saturated heterocycles. The molecule has 11 rings (SSSR count). The van der Waals surface area contributed by atoms with Gasteiger partial charge < -0.3 is 9.32 Å². The Bertz CT molecular complexity index is 3300. The summed E-state index contributed by atoms with van der Waals surface area (Å²) in [6.45, 7) is 0. The molecular weight excluding hydrogens is 751 g/mol. The largest absolute Gasteiger partial charge is 0.455 e. The zero-order valence-corrected chi connectivity index (χ0v) is 34.0. The minimum Gasteiger partial charge on any atom is -0.455 e. The zero-order valence-electron chi connectivity index (χ0n) is 34.0. The molecule has 0 aliphatic rings. The monoisotopic (exact) mass is 791 g/mol. The molecule has 0 unspecified atom stereocenters. The summed E-state index contributed by atoms with van der Waals surface area (Å²) in [5.74, 6) is 0. The van der Waals surface area contributed by atoms with Crippen LogP contribution in [0.1, 0.15) is 0 Å². The average Bonchev–Trinajstić information content (AvgIpc) is 3.75. The van der Waals surface area contributed by atoms with Crippen molar-refractivity contribution in [2.75, 3.05) is 4.90 Å². The molecular formula is C60H41NO. The summed E-state index contributed by atoms with van der Waals surface area (Å²) >= 11 is 0. The molecule has 2 nitrogen and oxygen atoms in total. The van der Waals surface area contributed by atoms with Crippen LogP contribution in [0, 0.1) is 0 Å². The highest BCUT2D eigenvalue weighted by Crippen LogP contribution is 2.46. The Kier molecular flexibility index (Phi) is 9.57. The van der Waals surface area contributed by atoms with Gasteiger partial charge in [0.15, 0.2) is 0 Å². The van der Waals surface area contributed by atoms with Gasteiger partial charge in [0.1, 0.15) is 11.2 Å². The van der Waals surface area contributed by atoms with Crippen molar-refractivity contribution < 1.29 is 4.42 Å². The number of benzene rings is 10. The van der Waals surface area contributed by atoms with Crippen molar-refractivity contribution in [3.05, 3.63) is 249 Å². The third-order valence-corrected chi connectivity index (χ3v) is 11.9. The van der Waals surface area contributed by atoms with Crippen LogP contribution >= 0.6 is 0 Å². The number of anilines is 3. The Morgan fingerprint density at radius 3 is 1.23 bits per heavy atom. The van der Waals surface area contributed by atoms with Crippen LogP contribution < -0.4 is 4.90 Å². The maximum atomic E-state index is 6.96. The predicted molar refractivity (Wildman–Crippen MR) is 261 cm³/mol. The molecule has 0 fully saturated rings. The van der Waals surface area contributed by atoms with E-state index < -0.39 is 0 Å². The highest BCUT2D eigenvalue weighted by Gasteiger charge is 2.22. The van der Waals surface area contributed by atoms with Crippen molar-refractivity contribution in [2.24, 2.45) is 0 Å². The number of para-hydroxylation sites is 3. The summed E-state index contributed by atoms with van der Waals surface area (Å²) < 4.78 is 6.96. The second kappa shape index (κ2) is 16.1. The van der Waals surface area contributed by atoms with Gasteiger partial charge in [0.05, 0.1) is 5.69 Å². The molecule has 0 amide bonds. The van der Waals surface area contributed by atoms with Crippen molar-refractivity contribution in [3.63, 3.8) is 0 Å². The van der Waals surface area contributed by atoms with Crippen molar-refractivity contribution in [1.29, 1.82) is 0 Å². The molecule has 1 heterocycles. The molecule has 62 heavy (non-hydrogen) atoms. The molecule has 2 heteroatoms. The molecule has 0 N–H and O–H groups in total. The zero-order chi connectivity index (χ0) is 41.2. The summed E-state index contributed by atoms with van der Waals surface area (Å²) in [7, 11) is 0. The molecule has 0 aliphatic heterocycles. The van der Waals surface area contributed by atoms with E-state index in [1.807, 2.05) is 0 Å². The molecule has 292 valence electrons. The van der Waals surface area contributed by atoms with Crippen molar-refractivity contribution >= 4 is 39.0 Å². The summed E-state index contributed by atoms with van der Waals surface area (Å²) in [4.78, 5) is 2.37. The molecule has 0 bridgehead atoms. The maximum Gasteiger partial charge on any atom is 0.143 e. The Morgan fingerprint density at radius 1 is 0.242 bits per heavy atom. The van der Waals surface area contributed by atoms with Gasteiger partial charge in [-0.25, -0.2) is 0 Å². The Balaban J connectivity index is 1.05. The Labute approximate surface area is 362 Å². The van der Waals surface area contributed by atoms with E-state index in [0.29, 0.717) is 0 Å². The molecule has 1 aromatic heterocycles. The third-order valence-electron chi connectivity index (χ3n) is 11.9. The smallest absolute Gasteiger partial charge is 0.143 e. The molecule has 11 aromatic rings. The lowest BCUT2D eigenvalue weighted by Gasteiger charge is -2.28. The van der Waals surface area contributed by atoms with Crippen LogP contribution in [0.3, 0.4) is 0 Å². The lowest BCUT2D eigenvalue weighted by molar-refractivity contribution is 0.671. The van der Waals surface area contributed by atoms with Crippen LogP contribution in [0.5, 0.6) is 0 Å². The van der Waals surface area contributed by atoms with Crippen LogP contribution in [0.2, 0.25) is 0 Å². The molecule has 0 spiro atoms. The van der Waals surface area contributed by atoms with Crippen LogP contribution in [0.15, 0.2) is 253 Å². The first kappa shape index (κ1) is 36.8. The lowest BCUT2D eigenvalue weighted by Crippen LogP contribution is -2.11. The molecule has 0 radical (unpaired) electrons. The minimum absolute atomic E-state index is 0.876. The maximum absolute atomic E-state index is 6.96. The van der Waals surface area contributed by atoms with E-state index >= 15 is 0 Å². The topological polar surface area (TPSA) is 16.4 Å². The van der Waals surface area contributed by atoms with E-state index in [0.717, 1.165) is 66.8 Å². The van der Waals surface area contributed by atoms with Gasteiger partial charge in [0, 0.05) is 38.8 Å². The van der Waals surface area contributed by atoms with Gasteiger partial charge in [0.2, 0.25) is 0 Å². The summed E-state index contributed by atoms with van der Waals surface area (Å²) in [6.07, 6.45) is 0. The number of furan rings is 1. The standard InChI is InChI=1S/C60H41NO/c1-5-17-42(18-6-1)43-31-36-49(37-32-43)61(50-38-33-44(34-39-50)48-35-40-51(45-19-7-2-8-20-45)57(41-48)47-23-11-4-12-24-47)58-30-14-13-25-53(58)54-27-16-29-56-55-28-15-26-52(59(55)62-60(54)56)46-21-9-3-10-22-46/h1-41H. The second-order valence-electron chi connectivity index (χ2n) is 15.6. The Hall–Kier alpha value is -8.20. The number of fused-ring (bicyclic) bond motifs is 3. The summed E-state index contributed by atoms with van der Waals surface area (Å²) in [5.41, 5.74) is 18.8. The third kappa shape index (κ3) is 6.84. The quantitative estimate of drug-likeness (QED) is 0.145. The summed E-state index contributed by atoms with van der Waals surface area (Å²) in [6, 6.07) is 88.8. The van der Waals surface area contributed by atoms with Gasteiger partial charge in [-0.2, -0.15) is 0 Å². The number of hydrogen-bond donors (Lipinski definition) is 0. The molecule has 10 aromatic carbocycles. The van der Waals surface area contributed by atoms with Gasteiger partial charge in [-0.3, -0.25) is 0 Å². The highest BCUT2D eigenvalue weighted by molar-refractivity contribution is 6.14. The highest BCUT2D eigenvalue weighted by atomic mass is 16.3. The SMILES string of the molecule is c1ccc(-c2ccc(N(c3ccc(-c4ccc(-c5ccccc5)c(-c5ccccc5)c4)cc3)c3ccccc3-c3cccc4c3oc3c(-c5ccccc5)cccc34)cc2)cc1. The fourth-order valence-corrected chi connectivity index (χ4v) is 8.89. The van der Waals surface area contributed by atoms with Crippen molar-refractivity contribution in [2.45, 2.75) is 0 Å². The molecule has 0 atom stereocenters. The van der Waals surface area contributed by atoms with Gasteiger partial charge in [0.25, 0.3) is 0 Å². The first-order chi connectivity index (χ1) is 30.8. The van der Waals surface area contributed by atoms with E-state index in [9.17, 15) is 0 Å². The van der Waals surface area contributed by atoms with Gasteiger partial charge in [-0.05, 0) is 86.5 Å². The molecule has 0 saturated carbocycles. The van der Waals surface area contributed by atoms with Gasteiger partial charge in [-0.15, -0.1) is 0 Å². The van der Waals surface area contributed by atoms with E-state index in [2.05, 4.69) is 254 Å². The lowest BCUT2D eigenvalue weighted by atomic mass is 9.91. The fraction of sp³-hybridized carbons (Fsp3) is 0. The van der Waals surface area contributed by atoms with Crippen LogP contribution in [0.25, 0.3) is 88.7 Å². The first-order valence-electron chi connectivity index (χ1n) is 21.2. The summed E-state index contributed by atoms with van der Waals surface area (Å²) in [5, 5.41) is 2.21. The molecule has 0 aliphatic carbocycles. The van der Waals surface area contributed by atoms with Crippen LogP contribution in [-0.4, -0.2) is 0 Å². The average molecular weight is 792 g/mol. The number of hydrogen-bond acceptors (Lipinski definition) is 2. The number of rotatable bonds is 9.